The molecular weight excluding hydrogens is 306 g/mol. The summed E-state index contributed by atoms with van der Waals surface area (Å²) in [4.78, 5) is 13.8. The molecule has 1 fully saturated rings. The number of ether oxygens (including phenoxy) is 1. The van der Waals surface area contributed by atoms with Gasteiger partial charge in [0.15, 0.2) is 0 Å². The number of Topliss-reactive ketones (excluding diaryl/α,β-unsaturated/α-hetero) is 1. The number of benzene rings is 1. The van der Waals surface area contributed by atoms with Crippen molar-refractivity contribution >= 4 is 21.7 Å². The highest BCUT2D eigenvalue weighted by Crippen LogP contribution is 2.34. The fraction of sp³-hybridized carbons (Fsp3) is 0.533. The van der Waals surface area contributed by atoms with E-state index in [1.54, 1.807) is 0 Å². The molecule has 0 bridgehead atoms. The average molecular weight is 324 g/mol. The van der Waals surface area contributed by atoms with E-state index in [0.717, 1.165) is 36.3 Å². The second-order valence-corrected chi connectivity index (χ2v) is 6.38. The first-order chi connectivity index (χ1) is 9.13. The quantitative estimate of drug-likeness (QED) is 0.838. The Balaban J connectivity index is 1.82. The van der Waals surface area contributed by atoms with Gasteiger partial charge in [-0.15, -0.1) is 0 Å². The van der Waals surface area contributed by atoms with E-state index in [1.165, 1.54) is 11.1 Å². The molecule has 0 spiro atoms. The van der Waals surface area contributed by atoms with Crippen molar-refractivity contribution in [1.82, 2.24) is 4.90 Å². The summed E-state index contributed by atoms with van der Waals surface area (Å²) in [5.41, 5.74) is 2.54. The first-order valence-corrected chi connectivity index (χ1v) is 7.62. The van der Waals surface area contributed by atoms with Crippen molar-refractivity contribution in [3.63, 3.8) is 0 Å². The molecule has 3 nitrogen and oxygen atoms in total. The number of hydrogen-bond donors (Lipinski definition) is 0. The third-order valence-corrected chi connectivity index (χ3v) is 4.48. The Bertz CT molecular complexity index is 515. The molecule has 0 N–H and O–H groups in total. The van der Waals surface area contributed by atoms with Crippen molar-refractivity contribution in [3.05, 3.63) is 27.7 Å². The minimum Gasteiger partial charge on any atom is -0.493 e. The molecule has 19 heavy (non-hydrogen) atoms. The number of piperidine rings is 1. The lowest BCUT2D eigenvalue weighted by Gasteiger charge is -2.32. The summed E-state index contributed by atoms with van der Waals surface area (Å²) < 4.78 is 6.89. The van der Waals surface area contributed by atoms with Gasteiger partial charge in [0.2, 0.25) is 0 Å². The maximum Gasteiger partial charge on any atom is 0.135 e. The molecule has 2 aliphatic rings. The Labute approximate surface area is 122 Å². The Hall–Kier alpha value is -0.870. The van der Waals surface area contributed by atoms with Gasteiger partial charge < -0.3 is 4.74 Å². The van der Waals surface area contributed by atoms with Gasteiger partial charge in [0.05, 0.1) is 6.61 Å². The van der Waals surface area contributed by atoms with Crippen molar-refractivity contribution in [3.8, 4) is 5.75 Å². The number of likely N-dealkylation sites (tertiary alicyclic amines) is 1. The molecule has 1 aromatic carbocycles. The van der Waals surface area contributed by atoms with Crippen LogP contribution in [-0.4, -0.2) is 29.9 Å². The lowest BCUT2D eigenvalue weighted by atomic mass is 10.0. The molecular formula is C15H18BrNO2. The summed E-state index contributed by atoms with van der Waals surface area (Å²) in [5.74, 6) is 1.45. The predicted octanol–water partition coefficient (Wildman–Crippen LogP) is 2.94. The molecule has 2 aliphatic heterocycles. The molecule has 4 heteroatoms. The van der Waals surface area contributed by atoms with Crippen molar-refractivity contribution in [2.75, 3.05) is 13.2 Å². The van der Waals surface area contributed by atoms with Crippen LogP contribution in [0.5, 0.6) is 5.75 Å². The number of carbonyl (C=O) groups excluding carboxylic acids is 1. The van der Waals surface area contributed by atoms with E-state index in [4.69, 9.17) is 4.74 Å². The van der Waals surface area contributed by atoms with Crippen LogP contribution in [0, 0.1) is 0 Å². The van der Waals surface area contributed by atoms with Gasteiger partial charge in [-0.05, 0) is 24.6 Å². The van der Waals surface area contributed by atoms with Gasteiger partial charge in [0, 0.05) is 48.4 Å². The first-order valence-electron chi connectivity index (χ1n) is 6.83. The monoisotopic (exact) mass is 323 g/mol. The van der Waals surface area contributed by atoms with Gasteiger partial charge in [0.25, 0.3) is 0 Å². The summed E-state index contributed by atoms with van der Waals surface area (Å²) in [6, 6.07) is 4.62. The lowest BCUT2D eigenvalue weighted by molar-refractivity contribution is -0.123. The van der Waals surface area contributed by atoms with E-state index >= 15 is 0 Å². The van der Waals surface area contributed by atoms with Crippen LogP contribution in [0.2, 0.25) is 0 Å². The van der Waals surface area contributed by atoms with E-state index in [9.17, 15) is 4.79 Å². The SMILES string of the molecule is CC1CC(=O)CCN1Cc1cc(Br)cc2c1OCC2. The van der Waals surface area contributed by atoms with Crippen molar-refractivity contribution < 1.29 is 9.53 Å². The zero-order valence-electron chi connectivity index (χ0n) is 11.1. The Morgan fingerprint density at radius 2 is 2.26 bits per heavy atom. The van der Waals surface area contributed by atoms with Crippen LogP contribution in [0.1, 0.15) is 30.9 Å². The van der Waals surface area contributed by atoms with E-state index in [2.05, 4.69) is 39.9 Å². The molecule has 1 atom stereocenters. The van der Waals surface area contributed by atoms with Gasteiger partial charge in [0.1, 0.15) is 11.5 Å². The van der Waals surface area contributed by atoms with Gasteiger partial charge in [-0.3, -0.25) is 9.69 Å². The zero-order valence-corrected chi connectivity index (χ0v) is 12.7. The number of nitrogens with zero attached hydrogens (tertiary/aromatic N) is 1. The molecule has 1 aromatic rings. The Kier molecular flexibility index (Phi) is 3.63. The van der Waals surface area contributed by atoms with Crippen LogP contribution in [0.15, 0.2) is 16.6 Å². The van der Waals surface area contributed by atoms with Crippen molar-refractivity contribution in [1.29, 1.82) is 0 Å². The predicted molar refractivity (Wildman–Crippen MR) is 77.5 cm³/mol. The first kappa shape index (κ1) is 13.1. The normalized spacial score (nSPS) is 23.3. The van der Waals surface area contributed by atoms with Gasteiger partial charge in [-0.1, -0.05) is 15.9 Å². The molecule has 0 saturated carbocycles. The van der Waals surface area contributed by atoms with Crippen LogP contribution in [0.3, 0.4) is 0 Å². The van der Waals surface area contributed by atoms with Gasteiger partial charge >= 0.3 is 0 Å². The third kappa shape index (κ3) is 2.70. The van der Waals surface area contributed by atoms with Gasteiger partial charge in [-0.2, -0.15) is 0 Å². The van der Waals surface area contributed by atoms with E-state index in [1.807, 2.05) is 0 Å². The molecule has 0 radical (unpaired) electrons. The highest BCUT2D eigenvalue weighted by atomic mass is 79.9. The van der Waals surface area contributed by atoms with Crippen LogP contribution < -0.4 is 4.74 Å². The minimum atomic E-state index is 0.331. The largest absolute Gasteiger partial charge is 0.493 e. The molecule has 1 saturated heterocycles. The molecule has 3 rings (SSSR count). The Morgan fingerprint density at radius 1 is 1.42 bits per heavy atom. The van der Waals surface area contributed by atoms with Crippen LogP contribution in [-0.2, 0) is 17.8 Å². The summed E-state index contributed by atoms with van der Waals surface area (Å²) in [5, 5.41) is 0. The molecule has 0 amide bonds. The lowest BCUT2D eigenvalue weighted by Crippen LogP contribution is -2.40. The molecule has 0 aliphatic carbocycles. The molecule has 2 heterocycles. The molecule has 1 unspecified atom stereocenters. The van der Waals surface area contributed by atoms with Crippen molar-refractivity contribution in [2.45, 2.75) is 38.8 Å². The number of ketones is 1. The second kappa shape index (κ2) is 5.25. The minimum absolute atomic E-state index is 0.331. The second-order valence-electron chi connectivity index (χ2n) is 5.46. The third-order valence-electron chi connectivity index (χ3n) is 4.02. The van der Waals surface area contributed by atoms with E-state index in [-0.39, 0.29) is 0 Å². The smallest absolute Gasteiger partial charge is 0.135 e. The maximum atomic E-state index is 11.5. The van der Waals surface area contributed by atoms with Crippen molar-refractivity contribution in [2.24, 2.45) is 0 Å². The van der Waals surface area contributed by atoms with Crippen LogP contribution >= 0.6 is 15.9 Å². The molecule has 0 aromatic heterocycles. The maximum absolute atomic E-state index is 11.5. The molecule has 102 valence electrons. The number of carbonyl (C=O) groups is 1. The van der Waals surface area contributed by atoms with Gasteiger partial charge in [-0.25, -0.2) is 0 Å². The summed E-state index contributed by atoms with van der Waals surface area (Å²) in [7, 11) is 0. The van der Waals surface area contributed by atoms with Crippen LogP contribution in [0.4, 0.5) is 0 Å². The summed E-state index contributed by atoms with van der Waals surface area (Å²) in [6.45, 7) is 4.65. The number of rotatable bonds is 2. The fourth-order valence-corrected chi connectivity index (χ4v) is 3.52. The topological polar surface area (TPSA) is 29.5 Å². The highest BCUT2D eigenvalue weighted by molar-refractivity contribution is 9.10. The number of fused-ring (bicyclic) bond motifs is 1. The highest BCUT2D eigenvalue weighted by Gasteiger charge is 2.26. The zero-order chi connectivity index (χ0) is 13.4. The van der Waals surface area contributed by atoms with E-state index < -0.39 is 0 Å². The summed E-state index contributed by atoms with van der Waals surface area (Å²) >= 11 is 3.58. The summed E-state index contributed by atoms with van der Waals surface area (Å²) in [6.07, 6.45) is 2.36. The average Bonchev–Trinajstić information content (AvgIpc) is 2.80. The fourth-order valence-electron chi connectivity index (χ4n) is 2.97. The Morgan fingerprint density at radius 3 is 3.05 bits per heavy atom. The van der Waals surface area contributed by atoms with Crippen LogP contribution in [0.25, 0.3) is 0 Å². The van der Waals surface area contributed by atoms with E-state index in [0.29, 0.717) is 24.7 Å². The number of hydrogen-bond acceptors (Lipinski definition) is 3. The standard InChI is InChI=1S/C15H18BrNO2/c1-10-6-14(18)2-4-17(10)9-12-8-13(16)7-11-3-5-19-15(11)12/h7-8,10H,2-6,9H2,1H3. The number of halogens is 1.